The number of aliphatic carboxylic acids is 1. The van der Waals surface area contributed by atoms with Gasteiger partial charge in [0, 0.05) is 17.0 Å². The van der Waals surface area contributed by atoms with Gasteiger partial charge in [-0.2, -0.15) is 4.98 Å². The quantitative estimate of drug-likeness (QED) is 0.734. The van der Waals surface area contributed by atoms with Gasteiger partial charge in [-0.3, -0.25) is 4.57 Å². The van der Waals surface area contributed by atoms with E-state index in [-0.39, 0.29) is 12.1 Å². The maximum absolute atomic E-state index is 11.4. The van der Waals surface area contributed by atoms with E-state index >= 15 is 0 Å². The van der Waals surface area contributed by atoms with Crippen molar-refractivity contribution in [2.45, 2.75) is 20.4 Å². The molecule has 1 aromatic heterocycles. The first-order valence-corrected chi connectivity index (χ1v) is 4.38. The predicted molar refractivity (Wildman–Crippen MR) is 54.7 cm³/mol. The lowest BCUT2D eigenvalue weighted by Gasteiger charge is -2.08. The van der Waals surface area contributed by atoms with Crippen LogP contribution in [0.15, 0.2) is 23.0 Å². The zero-order valence-electron chi connectivity index (χ0n) is 8.65. The molecule has 80 valence electrons. The minimum absolute atomic E-state index is 0.0344. The van der Waals surface area contributed by atoms with E-state index in [0.717, 1.165) is 0 Å². The van der Waals surface area contributed by atoms with Crippen molar-refractivity contribution in [1.29, 1.82) is 0 Å². The van der Waals surface area contributed by atoms with Gasteiger partial charge in [-0.05, 0) is 19.9 Å². The molecule has 0 saturated carbocycles. The molecule has 5 heteroatoms. The van der Waals surface area contributed by atoms with Crippen molar-refractivity contribution >= 4 is 5.97 Å². The summed E-state index contributed by atoms with van der Waals surface area (Å²) >= 11 is 0. The molecule has 1 aromatic rings. The zero-order chi connectivity index (χ0) is 11.6. The summed E-state index contributed by atoms with van der Waals surface area (Å²) in [5.41, 5.74) is 0.811. The highest BCUT2D eigenvalue weighted by Crippen LogP contribution is 2.00. The number of rotatable bonds is 3. The van der Waals surface area contributed by atoms with Crippen LogP contribution in [0.4, 0.5) is 0 Å². The smallest absolute Gasteiger partial charge is 0.348 e. The summed E-state index contributed by atoms with van der Waals surface area (Å²) in [6.07, 6.45) is 0. The summed E-state index contributed by atoms with van der Waals surface area (Å²) in [4.78, 5) is 25.7. The topological polar surface area (TPSA) is 72.2 Å². The van der Waals surface area contributed by atoms with Crippen LogP contribution in [0.25, 0.3) is 0 Å². The lowest BCUT2D eigenvalue weighted by Crippen LogP contribution is -2.27. The fraction of sp³-hybridized carbons (Fsp3) is 0.300. The molecule has 0 aliphatic heterocycles. The molecule has 1 heterocycles. The summed E-state index contributed by atoms with van der Waals surface area (Å²) < 4.78 is 1.28. The van der Waals surface area contributed by atoms with Crippen LogP contribution in [0, 0.1) is 13.8 Å². The van der Waals surface area contributed by atoms with Crippen LogP contribution in [0.3, 0.4) is 0 Å². The van der Waals surface area contributed by atoms with Crippen LogP contribution in [0.1, 0.15) is 11.4 Å². The normalized spacial score (nSPS) is 10.0. The Bertz CT molecular complexity index is 474. The fourth-order valence-electron chi connectivity index (χ4n) is 1.23. The molecule has 1 N–H and O–H groups in total. The lowest BCUT2D eigenvalue weighted by atomic mass is 10.3. The first kappa shape index (κ1) is 11.2. The molecule has 5 nitrogen and oxygen atoms in total. The third-order valence-corrected chi connectivity index (χ3v) is 2.00. The maximum Gasteiger partial charge on any atom is 0.348 e. The summed E-state index contributed by atoms with van der Waals surface area (Å²) in [5.74, 6) is -1.11. The molecule has 1 rings (SSSR count). The molecule has 0 saturated heterocycles. The largest absolute Gasteiger partial charge is 0.478 e. The van der Waals surface area contributed by atoms with E-state index in [9.17, 15) is 9.59 Å². The molecule has 0 aliphatic carbocycles. The van der Waals surface area contributed by atoms with Gasteiger partial charge in [-0.1, -0.05) is 6.58 Å². The standard InChI is InChI=1S/C10H12N2O3/c1-6(9(13)14)5-12-8(3)4-7(2)11-10(12)15/h4H,1,5H2,2-3H3,(H,13,14). The number of aromatic nitrogens is 2. The summed E-state index contributed by atoms with van der Waals surface area (Å²) in [6, 6.07) is 1.72. The van der Waals surface area contributed by atoms with E-state index in [1.807, 2.05) is 0 Å². The minimum Gasteiger partial charge on any atom is -0.478 e. The molecular formula is C10H12N2O3. The Balaban J connectivity index is 3.11. The summed E-state index contributed by atoms with van der Waals surface area (Å²) in [5, 5.41) is 8.64. The highest BCUT2D eigenvalue weighted by Gasteiger charge is 2.08. The zero-order valence-corrected chi connectivity index (χ0v) is 8.65. The number of carboxylic acid groups (broad SMARTS) is 1. The van der Waals surface area contributed by atoms with E-state index in [4.69, 9.17) is 5.11 Å². The van der Waals surface area contributed by atoms with Gasteiger partial charge >= 0.3 is 11.7 Å². The van der Waals surface area contributed by atoms with Crippen molar-refractivity contribution in [3.63, 3.8) is 0 Å². The van der Waals surface area contributed by atoms with Gasteiger partial charge in [0.1, 0.15) is 0 Å². The van der Waals surface area contributed by atoms with Crippen molar-refractivity contribution in [1.82, 2.24) is 9.55 Å². The second-order valence-corrected chi connectivity index (χ2v) is 3.32. The van der Waals surface area contributed by atoms with Crippen LogP contribution in [0.5, 0.6) is 0 Å². The number of carboxylic acids is 1. The Labute approximate surface area is 86.7 Å². The van der Waals surface area contributed by atoms with Crippen LogP contribution in [0.2, 0.25) is 0 Å². The third-order valence-electron chi connectivity index (χ3n) is 2.00. The Morgan fingerprint density at radius 2 is 2.20 bits per heavy atom. The summed E-state index contributed by atoms with van der Waals surface area (Å²) in [6.45, 7) is 6.77. The third kappa shape index (κ3) is 2.52. The number of hydrogen-bond donors (Lipinski definition) is 1. The molecule has 0 atom stereocenters. The van der Waals surface area contributed by atoms with Crippen LogP contribution >= 0.6 is 0 Å². The van der Waals surface area contributed by atoms with Crippen LogP contribution in [-0.2, 0) is 11.3 Å². The van der Waals surface area contributed by atoms with Crippen LogP contribution < -0.4 is 5.69 Å². The van der Waals surface area contributed by atoms with Gasteiger partial charge in [0.05, 0.1) is 6.54 Å². The van der Waals surface area contributed by atoms with Gasteiger partial charge in [0.15, 0.2) is 0 Å². The second kappa shape index (κ2) is 4.08. The Morgan fingerprint density at radius 3 is 2.67 bits per heavy atom. The van der Waals surface area contributed by atoms with E-state index in [0.29, 0.717) is 11.4 Å². The second-order valence-electron chi connectivity index (χ2n) is 3.32. The van der Waals surface area contributed by atoms with E-state index < -0.39 is 11.7 Å². The van der Waals surface area contributed by atoms with Gasteiger partial charge in [-0.15, -0.1) is 0 Å². The molecule has 0 bridgehead atoms. The van der Waals surface area contributed by atoms with Gasteiger partial charge in [-0.25, -0.2) is 9.59 Å². The lowest BCUT2D eigenvalue weighted by molar-refractivity contribution is -0.132. The Hall–Kier alpha value is -1.91. The Kier molecular flexibility index (Phi) is 3.04. The first-order valence-electron chi connectivity index (χ1n) is 4.38. The average Bonchev–Trinajstić information content (AvgIpc) is 2.10. The van der Waals surface area contributed by atoms with Crippen molar-refractivity contribution in [3.8, 4) is 0 Å². The number of aryl methyl sites for hydroxylation is 2. The molecule has 0 amide bonds. The molecule has 15 heavy (non-hydrogen) atoms. The molecule has 0 radical (unpaired) electrons. The molecule has 0 fully saturated rings. The minimum atomic E-state index is -1.11. The summed E-state index contributed by atoms with van der Waals surface area (Å²) in [7, 11) is 0. The highest BCUT2D eigenvalue weighted by molar-refractivity contribution is 5.85. The number of hydrogen-bond acceptors (Lipinski definition) is 3. The Morgan fingerprint density at radius 1 is 1.60 bits per heavy atom. The van der Waals surface area contributed by atoms with Gasteiger partial charge < -0.3 is 5.11 Å². The first-order chi connectivity index (χ1) is 6.91. The van der Waals surface area contributed by atoms with Gasteiger partial charge in [0.2, 0.25) is 0 Å². The fourth-order valence-corrected chi connectivity index (χ4v) is 1.23. The van der Waals surface area contributed by atoms with E-state index in [2.05, 4.69) is 11.6 Å². The van der Waals surface area contributed by atoms with Crippen molar-refractivity contribution in [2.24, 2.45) is 0 Å². The predicted octanol–water partition coefficient (Wildman–Crippen LogP) is 0.501. The van der Waals surface area contributed by atoms with Crippen molar-refractivity contribution < 1.29 is 9.90 Å². The molecular weight excluding hydrogens is 196 g/mol. The van der Waals surface area contributed by atoms with Crippen LogP contribution in [-0.4, -0.2) is 20.6 Å². The number of nitrogens with zero attached hydrogens (tertiary/aromatic N) is 2. The highest BCUT2D eigenvalue weighted by atomic mass is 16.4. The molecule has 0 aromatic carbocycles. The molecule has 0 spiro atoms. The molecule has 0 aliphatic rings. The monoisotopic (exact) mass is 208 g/mol. The average molecular weight is 208 g/mol. The van der Waals surface area contributed by atoms with E-state index in [1.165, 1.54) is 4.57 Å². The van der Waals surface area contributed by atoms with Crippen molar-refractivity contribution in [3.05, 3.63) is 40.1 Å². The van der Waals surface area contributed by atoms with E-state index in [1.54, 1.807) is 19.9 Å². The SMILES string of the molecule is C=C(Cn1c(C)cc(C)nc1=O)C(=O)O. The maximum atomic E-state index is 11.4. The van der Waals surface area contributed by atoms with Gasteiger partial charge in [0.25, 0.3) is 0 Å². The van der Waals surface area contributed by atoms with Crippen molar-refractivity contribution in [2.75, 3.05) is 0 Å². The number of carbonyl (C=O) groups is 1. The molecule has 0 unspecified atom stereocenters.